The lowest BCUT2D eigenvalue weighted by Crippen LogP contribution is -2.38. The molecule has 2 fully saturated rings. The van der Waals surface area contributed by atoms with Gasteiger partial charge in [0, 0.05) is 12.6 Å². The molecule has 3 rings (SSSR count). The van der Waals surface area contributed by atoms with E-state index in [9.17, 15) is 5.11 Å². The maximum absolute atomic E-state index is 10.6. The van der Waals surface area contributed by atoms with E-state index in [1.54, 1.807) is 0 Å². The Morgan fingerprint density at radius 3 is 2.52 bits per heavy atom. The zero-order chi connectivity index (χ0) is 14.7. The molecule has 116 valence electrons. The van der Waals surface area contributed by atoms with Crippen LogP contribution in [-0.4, -0.2) is 29.1 Å². The van der Waals surface area contributed by atoms with Gasteiger partial charge in [0.15, 0.2) is 0 Å². The highest BCUT2D eigenvalue weighted by Gasteiger charge is 2.34. The summed E-state index contributed by atoms with van der Waals surface area (Å²) in [4.78, 5) is 2.67. The largest absolute Gasteiger partial charge is 0.388 e. The van der Waals surface area contributed by atoms with E-state index in [4.69, 9.17) is 0 Å². The molecule has 1 aliphatic carbocycles. The van der Waals surface area contributed by atoms with E-state index in [1.807, 2.05) is 30.3 Å². The first kappa shape index (κ1) is 15.1. The van der Waals surface area contributed by atoms with Crippen molar-refractivity contribution >= 4 is 0 Å². The van der Waals surface area contributed by atoms with E-state index in [1.165, 1.54) is 45.1 Å². The molecule has 1 aromatic carbocycles. The quantitative estimate of drug-likeness (QED) is 0.884. The third-order valence-corrected chi connectivity index (χ3v) is 5.56. The standard InChI is InChI=1S/C19H29NO/c1-15(19(21)17-10-3-2-4-11-17)14-20-13-7-12-18(20)16-8-5-6-9-16/h2-4,10-11,15-16,18-19,21H,5-9,12-14H2,1H3. The van der Waals surface area contributed by atoms with Crippen molar-refractivity contribution < 1.29 is 5.11 Å². The van der Waals surface area contributed by atoms with Crippen LogP contribution in [0.2, 0.25) is 0 Å². The van der Waals surface area contributed by atoms with E-state index in [0.717, 1.165) is 24.1 Å². The third-order valence-electron chi connectivity index (χ3n) is 5.56. The molecule has 3 unspecified atom stereocenters. The normalized spacial score (nSPS) is 27.0. The Labute approximate surface area is 129 Å². The molecule has 0 aromatic heterocycles. The van der Waals surface area contributed by atoms with E-state index in [-0.39, 0.29) is 6.10 Å². The number of nitrogens with zero attached hydrogens (tertiary/aromatic N) is 1. The summed E-state index contributed by atoms with van der Waals surface area (Å²) in [5, 5.41) is 10.6. The molecule has 2 heteroatoms. The van der Waals surface area contributed by atoms with Gasteiger partial charge in [-0.2, -0.15) is 0 Å². The number of rotatable bonds is 5. The lowest BCUT2D eigenvalue weighted by Gasteiger charge is -2.33. The highest BCUT2D eigenvalue weighted by Crippen LogP contribution is 2.36. The Morgan fingerprint density at radius 1 is 1.10 bits per heavy atom. The van der Waals surface area contributed by atoms with E-state index in [0.29, 0.717) is 5.92 Å². The summed E-state index contributed by atoms with van der Waals surface area (Å²) < 4.78 is 0. The Bertz CT molecular complexity index is 426. The third kappa shape index (κ3) is 3.49. The van der Waals surface area contributed by atoms with Gasteiger partial charge in [-0.25, -0.2) is 0 Å². The van der Waals surface area contributed by atoms with Gasteiger partial charge in [0.1, 0.15) is 0 Å². The number of aliphatic hydroxyl groups is 1. The SMILES string of the molecule is CC(CN1CCCC1C1CCCC1)C(O)c1ccccc1. The number of aliphatic hydroxyl groups excluding tert-OH is 1. The molecule has 3 atom stereocenters. The van der Waals surface area contributed by atoms with Crippen LogP contribution in [0.3, 0.4) is 0 Å². The molecule has 21 heavy (non-hydrogen) atoms. The van der Waals surface area contributed by atoms with Crippen molar-refractivity contribution in [1.29, 1.82) is 0 Å². The molecule has 0 radical (unpaired) electrons. The molecular weight excluding hydrogens is 258 g/mol. The first-order valence-electron chi connectivity index (χ1n) is 8.73. The van der Waals surface area contributed by atoms with Crippen LogP contribution < -0.4 is 0 Å². The van der Waals surface area contributed by atoms with Crippen LogP contribution in [0.25, 0.3) is 0 Å². The Morgan fingerprint density at radius 2 is 1.81 bits per heavy atom. The van der Waals surface area contributed by atoms with Crippen LogP contribution >= 0.6 is 0 Å². The lowest BCUT2D eigenvalue weighted by atomic mass is 9.93. The minimum Gasteiger partial charge on any atom is -0.388 e. The van der Waals surface area contributed by atoms with Crippen molar-refractivity contribution in [2.24, 2.45) is 11.8 Å². The van der Waals surface area contributed by atoms with E-state index >= 15 is 0 Å². The van der Waals surface area contributed by atoms with Gasteiger partial charge in [0.05, 0.1) is 6.10 Å². The van der Waals surface area contributed by atoms with Crippen molar-refractivity contribution in [1.82, 2.24) is 4.90 Å². The fourth-order valence-corrected chi connectivity index (χ4v) is 4.40. The van der Waals surface area contributed by atoms with Crippen LogP contribution in [0.5, 0.6) is 0 Å². The van der Waals surface area contributed by atoms with Crippen molar-refractivity contribution in [2.75, 3.05) is 13.1 Å². The average Bonchev–Trinajstić information content (AvgIpc) is 3.18. The Hall–Kier alpha value is -0.860. The molecule has 0 bridgehead atoms. The first-order valence-corrected chi connectivity index (χ1v) is 8.73. The fraction of sp³-hybridized carbons (Fsp3) is 0.684. The summed E-state index contributed by atoms with van der Waals surface area (Å²) in [6.07, 6.45) is 8.09. The summed E-state index contributed by atoms with van der Waals surface area (Å²) in [6, 6.07) is 10.9. The van der Waals surface area contributed by atoms with Crippen molar-refractivity contribution in [3.63, 3.8) is 0 Å². The Kier molecular flexibility index (Phi) is 4.97. The lowest BCUT2D eigenvalue weighted by molar-refractivity contribution is 0.0750. The van der Waals surface area contributed by atoms with Crippen LogP contribution in [0.15, 0.2) is 30.3 Å². The second-order valence-corrected chi connectivity index (χ2v) is 7.08. The minimum absolute atomic E-state index is 0.300. The zero-order valence-corrected chi connectivity index (χ0v) is 13.2. The molecule has 1 N–H and O–H groups in total. The summed E-state index contributed by atoms with van der Waals surface area (Å²) >= 11 is 0. The van der Waals surface area contributed by atoms with E-state index < -0.39 is 0 Å². The molecule has 1 saturated carbocycles. The highest BCUT2D eigenvalue weighted by molar-refractivity contribution is 5.17. The van der Waals surface area contributed by atoms with Crippen molar-refractivity contribution in [2.45, 2.75) is 57.6 Å². The predicted molar refractivity (Wildman–Crippen MR) is 87.1 cm³/mol. The summed E-state index contributed by atoms with van der Waals surface area (Å²) in [5.74, 6) is 1.22. The molecule has 0 spiro atoms. The van der Waals surface area contributed by atoms with Gasteiger partial charge in [0.2, 0.25) is 0 Å². The van der Waals surface area contributed by atoms with Gasteiger partial charge >= 0.3 is 0 Å². The van der Waals surface area contributed by atoms with Gasteiger partial charge in [-0.1, -0.05) is 50.1 Å². The monoisotopic (exact) mass is 287 g/mol. The maximum atomic E-state index is 10.6. The predicted octanol–water partition coefficient (Wildman–Crippen LogP) is 4.01. The second kappa shape index (κ2) is 6.93. The van der Waals surface area contributed by atoms with Crippen LogP contribution in [0.1, 0.15) is 57.1 Å². The van der Waals surface area contributed by atoms with Crippen LogP contribution in [0.4, 0.5) is 0 Å². The summed E-state index contributed by atoms with van der Waals surface area (Å²) in [5.41, 5.74) is 1.06. The number of benzene rings is 1. The van der Waals surface area contributed by atoms with E-state index in [2.05, 4.69) is 11.8 Å². The fourth-order valence-electron chi connectivity index (χ4n) is 4.40. The summed E-state index contributed by atoms with van der Waals surface area (Å²) in [7, 11) is 0. The molecular formula is C19H29NO. The molecule has 1 heterocycles. The highest BCUT2D eigenvalue weighted by atomic mass is 16.3. The average molecular weight is 287 g/mol. The van der Waals surface area contributed by atoms with Crippen LogP contribution in [-0.2, 0) is 0 Å². The molecule has 2 aliphatic rings. The summed E-state index contributed by atoms with van der Waals surface area (Å²) in [6.45, 7) is 4.46. The maximum Gasteiger partial charge on any atom is 0.0827 e. The van der Waals surface area contributed by atoms with Crippen LogP contribution in [0, 0.1) is 11.8 Å². The minimum atomic E-state index is -0.337. The van der Waals surface area contributed by atoms with Gasteiger partial charge in [-0.3, -0.25) is 4.90 Å². The van der Waals surface area contributed by atoms with Gasteiger partial charge in [0.25, 0.3) is 0 Å². The molecule has 1 saturated heterocycles. The molecule has 0 amide bonds. The number of likely N-dealkylation sites (tertiary alicyclic amines) is 1. The molecule has 1 aliphatic heterocycles. The number of hydrogen-bond donors (Lipinski definition) is 1. The smallest absolute Gasteiger partial charge is 0.0827 e. The van der Waals surface area contributed by atoms with Crippen molar-refractivity contribution in [3.8, 4) is 0 Å². The van der Waals surface area contributed by atoms with Gasteiger partial charge in [-0.05, 0) is 49.6 Å². The Balaban J connectivity index is 1.59. The molecule has 2 nitrogen and oxygen atoms in total. The van der Waals surface area contributed by atoms with Gasteiger partial charge < -0.3 is 5.11 Å². The first-order chi connectivity index (χ1) is 10.3. The zero-order valence-electron chi connectivity index (χ0n) is 13.2. The topological polar surface area (TPSA) is 23.5 Å². The second-order valence-electron chi connectivity index (χ2n) is 7.08. The van der Waals surface area contributed by atoms with Crippen molar-refractivity contribution in [3.05, 3.63) is 35.9 Å². The number of hydrogen-bond acceptors (Lipinski definition) is 2. The van der Waals surface area contributed by atoms with Gasteiger partial charge in [-0.15, -0.1) is 0 Å². The molecule has 1 aromatic rings.